The van der Waals surface area contributed by atoms with Crippen LogP contribution in [0.4, 0.5) is 0 Å². The van der Waals surface area contributed by atoms with Crippen molar-refractivity contribution in [2.24, 2.45) is 0 Å². The Labute approximate surface area is 174 Å². The molecule has 0 radical (unpaired) electrons. The van der Waals surface area contributed by atoms with Gasteiger partial charge in [-0.1, -0.05) is 73.5 Å². The number of carbonyl (C=O) groups excluding carboxylic acids is 1. The number of hydrogen-bond donors (Lipinski definition) is 1. The van der Waals surface area contributed by atoms with E-state index in [1.165, 1.54) is 31.0 Å². The smallest absolute Gasteiger partial charge is 0.262 e. The number of hydrogen-bond acceptors (Lipinski definition) is 4. The molecular weight excluding hydrogens is 382 g/mol. The highest BCUT2D eigenvalue weighted by atomic mass is 32.2. The molecule has 5 nitrogen and oxygen atoms in total. The Kier molecular flexibility index (Phi) is 6.30. The summed E-state index contributed by atoms with van der Waals surface area (Å²) in [7, 11) is 0. The summed E-state index contributed by atoms with van der Waals surface area (Å²) in [6.45, 7) is 0.435. The largest absolute Gasteiger partial charge is 0.353 e. The van der Waals surface area contributed by atoms with Crippen LogP contribution in [-0.2, 0) is 11.3 Å². The van der Waals surface area contributed by atoms with E-state index >= 15 is 0 Å². The first kappa shape index (κ1) is 19.7. The number of nitrogens with one attached hydrogen (secondary N) is 1. The molecule has 2 aromatic carbocycles. The topological polar surface area (TPSA) is 64.0 Å². The predicted octanol–water partition coefficient (Wildman–Crippen LogP) is 3.99. The number of nitrogens with zero attached hydrogens (tertiary/aromatic N) is 2. The minimum atomic E-state index is -0.0744. The standard InChI is InChI=1S/C23H25N3O2S/c27-21(24-18-11-5-2-6-12-18)16-29-23-25-20-14-8-7-13-19(20)22(28)26(23)15-17-9-3-1-4-10-17/h1,3-4,7-10,13-14,18H,2,5-6,11-12,15-16H2,(H,24,27). The van der Waals surface area contributed by atoms with Gasteiger partial charge in [0.05, 0.1) is 23.2 Å². The zero-order chi connectivity index (χ0) is 20.1. The van der Waals surface area contributed by atoms with Crippen LogP contribution in [-0.4, -0.2) is 27.3 Å². The molecule has 1 aliphatic carbocycles. The lowest BCUT2D eigenvalue weighted by Crippen LogP contribution is -2.37. The predicted molar refractivity (Wildman–Crippen MR) is 117 cm³/mol. The molecule has 0 unspecified atom stereocenters. The SMILES string of the molecule is O=C(CSc1nc2ccccc2c(=O)n1Cc1ccccc1)NC1CCCCC1. The summed E-state index contributed by atoms with van der Waals surface area (Å²) in [6, 6.07) is 17.5. The maximum absolute atomic E-state index is 13.1. The molecule has 1 saturated carbocycles. The van der Waals surface area contributed by atoms with Crippen molar-refractivity contribution < 1.29 is 4.79 Å². The van der Waals surface area contributed by atoms with E-state index in [1.807, 2.05) is 48.5 Å². The van der Waals surface area contributed by atoms with Gasteiger partial charge in [0.2, 0.25) is 5.91 Å². The first-order valence-corrected chi connectivity index (χ1v) is 11.1. The van der Waals surface area contributed by atoms with Crippen LogP contribution >= 0.6 is 11.8 Å². The molecule has 1 heterocycles. The summed E-state index contributed by atoms with van der Waals surface area (Å²) in [6.07, 6.45) is 5.74. The molecular formula is C23H25N3O2S. The summed E-state index contributed by atoms with van der Waals surface area (Å²) in [5, 5.41) is 4.31. The minimum absolute atomic E-state index is 0.00979. The first-order valence-electron chi connectivity index (χ1n) is 10.2. The van der Waals surface area contributed by atoms with Crippen molar-refractivity contribution in [2.75, 3.05) is 5.75 Å². The zero-order valence-corrected chi connectivity index (χ0v) is 17.2. The third kappa shape index (κ3) is 4.88. The molecule has 0 spiro atoms. The van der Waals surface area contributed by atoms with Gasteiger partial charge in [0, 0.05) is 6.04 Å². The normalized spacial score (nSPS) is 14.8. The Morgan fingerprint density at radius 2 is 1.76 bits per heavy atom. The molecule has 0 saturated heterocycles. The molecule has 0 atom stereocenters. The van der Waals surface area contributed by atoms with Crippen molar-refractivity contribution in [1.82, 2.24) is 14.9 Å². The molecule has 150 valence electrons. The molecule has 4 rings (SSSR count). The number of thioether (sulfide) groups is 1. The van der Waals surface area contributed by atoms with Crippen molar-refractivity contribution in [3.05, 3.63) is 70.5 Å². The highest BCUT2D eigenvalue weighted by molar-refractivity contribution is 7.99. The number of para-hydroxylation sites is 1. The molecule has 1 fully saturated rings. The number of benzene rings is 2. The Morgan fingerprint density at radius 1 is 1.03 bits per heavy atom. The fraction of sp³-hybridized carbons (Fsp3) is 0.348. The van der Waals surface area contributed by atoms with Crippen LogP contribution in [0.15, 0.2) is 64.5 Å². The van der Waals surface area contributed by atoms with Gasteiger partial charge in [-0.25, -0.2) is 4.98 Å². The average molecular weight is 408 g/mol. The maximum atomic E-state index is 13.1. The summed E-state index contributed by atoms with van der Waals surface area (Å²) in [4.78, 5) is 30.3. The zero-order valence-electron chi connectivity index (χ0n) is 16.3. The van der Waals surface area contributed by atoms with Crippen molar-refractivity contribution >= 4 is 28.6 Å². The van der Waals surface area contributed by atoms with Crippen LogP contribution in [0.25, 0.3) is 10.9 Å². The van der Waals surface area contributed by atoms with Crippen molar-refractivity contribution in [2.45, 2.75) is 49.8 Å². The Hall–Kier alpha value is -2.60. The van der Waals surface area contributed by atoms with Gasteiger partial charge in [0.1, 0.15) is 0 Å². The Morgan fingerprint density at radius 3 is 2.55 bits per heavy atom. The first-order chi connectivity index (χ1) is 14.2. The summed E-state index contributed by atoms with van der Waals surface area (Å²) in [5.74, 6) is 0.270. The number of aromatic nitrogens is 2. The second kappa shape index (κ2) is 9.27. The number of rotatable bonds is 6. The second-order valence-corrected chi connectivity index (χ2v) is 8.42. The van der Waals surface area contributed by atoms with Crippen molar-refractivity contribution in [3.8, 4) is 0 Å². The third-order valence-corrected chi connectivity index (χ3v) is 6.29. The van der Waals surface area contributed by atoms with Gasteiger partial charge < -0.3 is 5.32 Å². The molecule has 0 aliphatic heterocycles. The van der Waals surface area contributed by atoms with E-state index in [0.29, 0.717) is 22.6 Å². The monoisotopic (exact) mass is 407 g/mol. The van der Waals surface area contributed by atoms with Gasteiger partial charge >= 0.3 is 0 Å². The van der Waals surface area contributed by atoms with E-state index in [9.17, 15) is 9.59 Å². The fourth-order valence-electron chi connectivity index (χ4n) is 3.81. The van der Waals surface area contributed by atoms with E-state index in [1.54, 1.807) is 10.6 Å². The summed E-state index contributed by atoms with van der Waals surface area (Å²) < 4.78 is 1.68. The van der Waals surface area contributed by atoms with Gasteiger partial charge in [0.25, 0.3) is 5.56 Å². The third-order valence-electron chi connectivity index (χ3n) is 5.31. The quantitative estimate of drug-likeness (QED) is 0.496. The van der Waals surface area contributed by atoms with E-state index in [4.69, 9.17) is 4.98 Å². The lowest BCUT2D eigenvalue weighted by atomic mass is 9.95. The molecule has 1 aromatic heterocycles. The lowest BCUT2D eigenvalue weighted by molar-refractivity contribution is -0.119. The van der Waals surface area contributed by atoms with Gasteiger partial charge in [-0.3, -0.25) is 14.2 Å². The molecule has 6 heteroatoms. The van der Waals surface area contributed by atoms with Crippen LogP contribution in [0.1, 0.15) is 37.7 Å². The van der Waals surface area contributed by atoms with Gasteiger partial charge in [-0.2, -0.15) is 0 Å². The summed E-state index contributed by atoms with van der Waals surface area (Å²) >= 11 is 1.33. The van der Waals surface area contributed by atoms with E-state index in [2.05, 4.69) is 5.32 Å². The van der Waals surface area contributed by atoms with E-state index < -0.39 is 0 Å². The molecule has 3 aromatic rings. The van der Waals surface area contributed by atoms with Gasteiger partial charge in [-0.15, -0.1) is 0 Å². The van der Waals surface area contributed by atoms with Crippen LogP contribution < -0.4 is 10.9 Å². The number of amides is 1. The van der Waals surface area contributed by atoms with Crippen molar-refractivity contribution in [3.63, 3.8) is 0 Å². The van der Waals surface area contributed by atoms with Crippen LogP contribution in [0.5, 0.6) is 0 Å². The van der Waals surface area contributed by atoms with E-state index in [0.717, 1.165) is 18.4 Å². The van der Waals surface area contributed by atoms with Crippen LogP contribution in [0.3, 0.4) is 0 Å². The maximum Gasteiger partial charge on any atom is 0.262 e. The number of carbonyl (C=O) groups is 1. The highest BCUT2D eigenvalue weighted by Crippen LogP contribution is 2.20. The Bertz CT molecular complexity index is 1040. The molecule has 0 bridgehead atoms. The van der Waals surface area contributed by atoms with Gasteiger partial charge in [0.15, 0.2) is 5.16 Å². The molecule has 29 heavy (non-hydrogen) atoms. The lowest BCUT2D eigenvalue weighted by Gasteiger charge is -2.22. The van der Waals surface area contributed by atoms with Crippen molar-refractivity contribution in [1.29, 1.82) is 0 Å². The fourth-order valence-corrected chi connectivity index (χ4v) is 4.62. The molecule has 1 aliphatic rings. The second-order valence-electron chi connectivity index (χ2n) is 7.48. The van der Waals surface area contributed by atoms with Gasteiger partial charge in [-0.05, 0) is 30.5 Å². The van der Waals surface area contributed by atoms with Crippen LogP contribution in [0, 0.1) is 0 Å². The average Bonchev–Trinajstić information content (AvgIpc) is 2.76. The summed E-state index contributed by atoms with van der Waals surface area (Å²) in [5.41, 5.74) is 1.62. The minimum Gasteiger partial charge on any atom is -0.353 e. The Balaban J connectivity index is 1.57. The van der Waals surface area contributed by atoms with Crippen LogP contribution in [0.2, 0.25) is 0 Å². The number of fused-ring (bicyclic) bond motifs is 1. The highest BCUT2D eigenvalue weighted by Gasteiger charge is 2.17. The molecule has 1 N–H and O–H groups in total. The molecule has 1 amide bonds. The van der Waals surface area contributed by atoms with E-state index in [-0.39, 0.29) is 23.3 Å².